The first-order valence-corrected chi connectivity index (χ1v) is 9.47. The molecule has 1 amide bonds. The van der Waals surface area contributed by atoms with Gasteiger partial charge in [0.15, 0.2) is 5.69 Å². The predicted octanol–water partition coefficient (Wildman–Crippen LogP) is 0.481. The number of amides is 1. The van der Waals surface area contributed by atoms with Crippen molar-refractivity contribution >= 4 is 26.9 Å². The van der Waals surface area contributed by atoms with Crippen molar-refractivity contribution in [1.29, 1.82) is 0 Å². The maximum atomic E-state index is 12.9. The number of hydrogen-bond donors (Lipinski definition) is 2. The van der Waals surface area contributed by atoms with E-state index in [1.807, 2.05) is 4.90 Å². The van der Waals surface area contributed by atoms with Gasteiger partial charge in [-0.15, -0.1) is 0 Å². The molecule has 24 heavy (non-hydrogen) atoms. The van der Waals surface area contributed by atoms with Gasteiger partial charge >= 0.3 is 0 Å². The second-order valence-corrected chi connectivity index (χ2v) is 7.87. The molecular weight excluding hydrogens is 332 g/mol. The third kappa shape index (κ3) is 2.79. The normalized spacial score (nSPS) is 23.8. The predicted molar refractivity (Wildman–Crippen MR) is 87.2 cm³/mol. The fourth-order valence-corrected chi connectivity index (χ4v) is 4.23. The summed E-state index contributed by atoms with van der Waals surface area (Å²) in [5, 5.41) is 7.56. The highest BCUT2D eigenvalue weighted by Crippen LogP contribution is 2.25. The molecule has 2 atom stereocenters. The number of nitrogens with zero attached hydrogens (tertiary/aromatic N) is 3. The van der Waals surface area contributed by atoms with Crippen LogP contribution in [-0.4, -0.2) is 71.1 Å². The lowest BCUT2D eigenvalue weighted by molar-refractivity contribution is 0.0605. The van der Waals surface area contributed by atoms with E-state index in [1.54, 1.807) is 18.2 Å². The molecule has 0 spiro atoms. The maximum absolute atomic E-state index is 12.9. The number of aromatic nitrogens is 2. The molecule has 2 aromatic rings. The van der Waals surface area contributed by atoms with Crippen LogP contribution >= 0.6 is 0 Å². The fraction of sp³-hybridized carbons (Fsp3) is 0.467. The van der Waals surface area contributed by atoms with Gasteiger partial charge in [0.05, 0.1) is 5.52 Å². The van der Waals surface area contributed by atoms with Gasteiger partial charge in [0.2, 0.25) is 0 Å². The number of fused-ring (bicyclic) bond motifs is 3. The number of aromatic amines is 1. The number of piperazine rings is 1. The van der Waals surface area contributed by atoms with Crippen LogP contribution in [0.2, 0.25) is 0 Å². The second-order valence-electron chi connectivity index (χ2n) is 6.42. The Balaban J connectivity index is 1.68. The van der Waals surface area contributed by atoms with E-state index in [0.29, 0.717) is 28.7 Å². The molecule has 2 unspecified atom stereocenters. The quantitative estimate of drug-likeness (QED) is 0.780. The first-order valence-electron chi connectivity index (χ1n) is 7.86. The number of hydrogen-bond acceptors (Lipinski definition) is 5. The Labute approximate surface area is 139 Å². The fourth-order valence-electron chi connectivity index (χ4n) is 3.63. The van der Waals surface area contributed by atoms with Crippen LogP contribution in [0.1, 0.15) is 22.5 Å². The van der Waals surface area contributed by atoms with Crippen molar-refractivity contribution in [3.8, 4) is 0 Å². The van der Waals surface area contributed by atoms with Crippen LogP contribution in [0.5, 0.6) is 0 Å². The van der Waals surface area contributed by atoms with Gasteiger partial charge < -0.3 is 4.90 Å². The van der Waals surface area contributed by atoms with Crippen molar-refractivity contribution in [3.05, 3.63) is 29.5 Å². The summed E-state index contributed by atoms with van der Waals surface area (Å²) in [6.07, 6.45) is 0.974. The van der Waals surface area contributed by atoms with Crippen molar-refractivity contribution in [2.75, 3.05) is 26.2 Å². The van der Waals surface area contributed by atoms with Gasteiger partial charge in [-0.1, -0.05) is 6.07 Å². The minimum absolute atomic E-state index is 0.128. The molecule has 0 saturated carbocycles. The van der Waals surface area contributed by atoms with E-state index in [4.69, 9.17) is 4.55 Å². The van der Waals surface area contributed by atoms with Gasteiger partial charge in [-0.25, -0.2) is 0 Å². The van der Waals surface area contributed by atoms with Crippen molar-refractivity contribution in [1.82, 2.24) is 20.0 Å². The number of H-pyrrole nitrogens is 1. The zero-order valence-corrected chi connectivity index (χ0v) is 13.8. The zero-order valence-electron chi connectivity index (χ0n) is 13.0. The summed E-state index contributed by atoms with van der Waals surface area (Å²) in [5.74, 6) is -0.611. The molecule has 3 heterocycles. The Morgan fingerprint density at radius 3 is 2.96 bits per heavy atom. The van der Waals surface area contributed by atoms with Gasteiger partial charge in [0.1, 0.15) is 5.75 Å². The average molecular weight is 350 g/mol. The Kier molecular flexibility index (Phi) is 3.59. The number of nitrogens with one attached hydrogen (secondary N) is 1. The first kappa shape index (κ1) is 15.6. The molecule has 2 aliphatic rings. The van der Waals surface area contributed by atoms with E-state index in [0.717, 1.165) is 26.1 Å². The van der Waals surface area contributed by atoms with Crippen molar-refractivity contribution in [3.63, 3.8) is 0 Å². The molecule has 4 rings (SSSR count). The molecule has 128 valence electrons. The number of benzene rings is 1. The standard InChI is InChI=1S/C15H18N4O4S/c20-15(19-6-5-18-4-3-11(19)8-18)14-12-7-10(9-24(21,22)23)1-2-13(12)16-17-14/h1-2,7,11H,3-6,8-9H2,(H,16,17)(H,21,22,23). The SMILES string of the molecule is O=C(c1n[nH]c2ccc(CS(=O)(=O)O)cc12)N1CCN2CCC1C2. The molecule has 2 bridgehead atoms. The first-order chi connectivity index (χ1) is 11.4. The Bertz CT molecular complexity index is 907. The summed E-state index contributed by atoms with van der Waals surface area (Å²) in [6.45, 7) is 3.48. The molecule has 9 heteroatoms. The van der Waals surface area contributed by atoms with Gasteiger partial charge in [-0.05, 0) is 24.1 Å². The minimum Gasteiger partial charge on any atom is -0.332 e. The summed E-state index contributed by atoms with van der Waals surface area (Å²) in [7, 11) is -4.12. The van der Waals surface area contributed by atoms with Gasteiger partial charge in [0, 0.05) is 37.6 Å². The molecule has 0 aliphatic carbocycles. The molecule has 2 N–H and O–H groups in total. The lowest BCUT2D eigenvalue weighted by Crippen LogP contribution is -2.49. The highest BCUT2D eigenvalue weighted by Gasteiger charge is 2.36. The van der Waals surface area contributed by atoms with E-state index >= 15 is 0 Å². The third-order valence-electron chi connectivity index (χ3n) is 4.79. The minimum atomic E-state index is -4.12. The van der Waals surface area contributed by atoms with E-state index in [2.05, 4.69) is 15.1 Å². The highest BCUT2D eigenvalue weighted by atomic mass is 32.2. The van der Waals surface area contributed by atoms with Crippen molar-refractivity contribution < 1.29 is 17.8 Å². The van der Waals surface area contributed by atoms with E-state index in [9.17, 15) is 13.2 Å². The van der Waals surface area contributed by atoms with E-state index < -0.39 is 15.9 Å². The number of rotatable bonds is 3. The smallest absolute Gasteiger partial charge is 0.275 e. The second kappa shape index (κ2) is 5.54. The van der Waals surface area contributed by atoms with Crippen LogP contribution < -0.4 is 0 Å². The highest BCUT2D eigenvalue weighted by molar-refractivity contribution is 7.85. The van der Waals surface area contributed by atoms with Crippen LogP contribution in [-0.2, 0) is 15.9 Å². The lowest BCUT2D eigenvalue weighted by Gasteiger charge is -2.33. The molecule has 2 saturated heterocycles. The monoisotopic (exact) mass is 350 g/mol. The Morgan fingerprint density at radius 1 is 1.33 bits per heavy atom. The number of carbonyl (C=O) groups excluding carboxylic acids is 1. The summed E-state index contributed by atoms with van der Waals surface area (Å²) in [4.78, 5) is 17.1. The maximum Gasteiger partial charge on any atom is 0.275 e. The lowest BCUT2D eigenvalue weighted by atomic mass is 10.1. The largest absolute Gasteiger partial charge is 0.332 e. The zero-order chi connectivity index (χ0) is 16.9. The van der Waals surface area contributed by atoms with Gasteiger partial charge in [-0.3, -0.25) is 19.3 Å². The molecule has 1 aromatic carbocycles. The topological polar surface area (TPSA) is 107 Å². The van der Waals surface area contributed by atoms with Crippen LogP contribution in [0, 0.1) is 0 Å². The molecular formula is C15H18N4O4S. The van der Waals surface area contributed by atoms with Crippen LogP contribution in [0.25, 0.3) is 10.9 Å². The Hall–Kier alpha value is -1.97. The molecule has 8 nitrogen and oxygen atoms in total. The van der Waals surface area contributed by atoms with Crippen molar-refractivity contribution in [2.24, 2.45) is 0 Å². The summed E-state index contributed by atoms with van der Waals surface area (Å²) >= 11 is 0. The summed E-state index contributed by atoms with van der Waals surface area (Å²) < 4.78 is 31.2. The summed E-state index contributed by atoms with van der Waals surface area (Å²) in [6, 6.07) is 5.09. The molecule has 2 fully saturated rings. The van der Waals surface area contributed by atoms with Gasteiger partial charge in [-0.2, -0.15) is 13.5 Å². The summed E-state index contributed by atoms with van der Waals surface area (Å²) in [5.41, 5.74) is 1.40. The number of carbonyl (C=O) groups is 1. The van der Waals surface area contributed by atoms with Crippen LogP contribution in [0.15, 0.2) is 18.2 Å². The van der Waals surface area contributed by atoms with Crippen LogP contribution in [0.3, 0.4) is 0 Å². The van der Waals surface area contributed by atoms with Crippen LogP contribution in [0.4, 0.5) is 0 Å². The third-order valence-corrected chi connectivity index (χ3v) is 5.48. The Morgan fingerprint density at radius 2 is 2.17 bits per heavy atom. The van der Waals surface area contributed by atoms with Crippen molar-refractivity contribution in [2.45, 2.75) is 18.2 Å². The molecule has 1 aromatic heterocycles. The molecule has 0 radical (unpaired) electrons. The van der Waals surface area contributed by atoms with E-state index in [1.165, 1.54) is 0 Å². The van der Waals surface area contributed by atoms with Gasteiger partial charge in [0.25, 0.3) is 16.0 Å². The molecule has 2 aliphatic heterocycles. The van der Waals surface area contributed by atoms with E-state index in [-0.39, 0.29) is 11.9 Å². The average Bonchev–Trinajstić information content (AvgIpc) is 3.09.